The van der Waals surface area contributed by atoms with E-state index in [1.54, 1.807) is 0 Å². The van der Waals surface area contributed by atoms with Crippen LogP contribution in [0.25, 0.3) is 11.1 Å². The van der Waals surface area contributed by atoms with Gasteiger partial charge in [-0.3, -0.25) is 4.79 Å². The first-order valence-electron chi connectivity index (χ1n) is 10.9. The van der Waals surface area contributed by atoms with E-state index in [2.05, 4.69) is 38.7 Å². The highest BCUT2D eigenvalue weighted by Gasteiger charge is 2.29. The van der Waals surface area contributed by atoms with Crippen LogP contribution in [0, 0.1) is 0 Å². The van der Waals surface area contributed by atoms with E-state index in [1.807, 2.05) is 36.4 Å². The Balaban J connectivity index is 1.25. The molecule has 2 amide bonds. The first-order valence-corrected chi connectivity index (χ1v) is 11.7. The van der Waals surface area contributed by atoms with E-state index in [1.165, 1.54) is 18.2 Å². The Morgan fingerprint density at radius 1 is 0.971 bits per heavy atom. The van der Waals surface area contributed by atoms with Crippen LogP contribution in [0.2, 0.25) is 0 Å². The molecule has 35 heavy (non-hydrogen) atoms. The third-order valence-electron chi connectivity index (χ3n) is 5.74. The number of nitrogens with one attached hydrogen (secondary N) is 2. The molecular weight excluding hydrogens is 516 g/mol. The summed E-state index contributed by atoms with van der Waals surface area (Å²) < 4.78 is 5.82. The lowest BCUT2D eigenvalue weighted by Gasteiger charge is -2.16. The lowest BCUT2D eigenvalue weighted by atomic mass is 9.98. The summed E-state index contributed by atoms with van der Waals surface area (Å²) in [6, 6.07) is 20.2. The molecule has 0 heterocycles. The number of halogens is 1. The number of aliphatic hydroxyl groups excluding tert-OH is 1. The average molecular weight is 539 g/mol. The standard InChI is InChI=1S/C26H23BrN2O6/c27-22-11-15(25(32)33)9-10-23(22)29-24(31)12-16(30)13-28-26(34)35-14-21-19-7-3-1-5-17(19)18-6-2-4-8-20(18)21/h1-11,16,21,30H,12-14H2,(H,28,34)(H,29,31)(H,32,33). The molecule has 0 radical (unpaired) electrons. The third-order valence-corrected chi connectivity index (χ3v) is 6.39. The molecule has 0 saturated heterocycles. The van der Waals surface area contributed by atoms with Crippen molar-refractivity contribution in [2.24, 2.45) is 0 Å². The minimum Gasteiger partial charge on any atom is -0.478 e. The Kier molecular flexibility index (Phi) is 7.48. The molecule has 1 atom stereocenters. The van der Waals surface area contributed by atoms with Gasteiger partial charge < -0.3 is 25.6 Å². The van der Waals surface area contributed by atoms with Crippen LogP contribution in [-0.2, 0) is 9.53 Å². The summed E-state index contributed by atoms with van der Waals surface area (Å²) in [6.45, 7) is -0.0139. The highest BCUT2D eigenvalue weighted by atomic mass is 79.9. The smallest absolute Gasteiger partial charge is 0.407 e. The summed E-state index contributed by atoms with van der Waals surface area (Å²) in [5, 5.41) is 24.2. The van der Waals surface area contributed by atoms with Gasteiger partial charge in [0.15, 0.2) is 0 Å². The van der Waals surface area contributed by atoms with Crippen LogP contribution in [0.5, 0.6) is 0 Å². The number of carbonyl (C=O) groups excluding carboxylic acids is 2. The molecule has 0 spiro atoms. The van der Waals surface area contributed by atoms with E-state index in [-0.39, 0.29) is 31.1 Å². The van der Waals surface area contributed by atoms with Gasteiger partial charge in [0.05, 0.1) is 23.8 Å². The number of benzene rings is 3. The fraction of sp³-hybridized carbons (Fsp3) is 0.192. The average Bonchev–Trinajstić information content (AvgIpc) is 3.16. The summed E-state index contributed by atoms with van der Waals surface area (Å²) in [6.07, 6.45) is -2.08. The predicted octanol–water partition coefficient (Wildman–Crippen LogP) is 4.38. The summed E-state index contributed by atoms with van der Waals surface area (Å²) in [7, 11) is 0. The molecule has 0 aliphatic heterocycles. The normalized spacial score (nSPS) is 12.9. The Hall–Kier alpha value is -3.69. The molecule has 9 heteroatoms. The molecule has 3 aromatic rings. The van der Waals surface area contributed by atoms with Gasteiger partial charge in [0.2, 0.25) is 5.91 Å². The van der Waals surface area contributed by atoms with Crippen LogP contribution in [0.1, 0.15) is 33.8 Å². The van der Waals surface area contributed by atoms with Crippen LogP contribution < -0.4 is 10.6 Å². The van der Waals surface area contributed by atoms with E-state index in [4.69, 9.17) is 9.84 Å². The second-order valence-corrected chi connectivity index (χ2v) is 8.97. The van der Waals surface area contributed by atoms with Crippen molar-refractivity contribution in [1.29, 1.82) is 0 Å². The van der Waals surface area contributed by atoms with Gasteiger partial charge in [-0.2, -0.15) is 0 Å². The summed E-state index contributed by atoms with van der Waals surface area (Å²) in [4.78, 5) is 35.5. The zero-order valence-corrected chi connectivity index (χ0v) is 20.1. The van der Waals surface area contributed by atoms with Crippen LogP contribution in [0.4, 0.5) is 10.5 Å². The number of aromatic carboxylic acids is 1. The van der Waals surface area contributed by atoms with Gasteiger partial charge in [-0.15, -0.1) is 0 Å². The number of amides is 2. The number of alkyl carbamates (subject to hydrolysis) is 1. The number of rotatable bonds is 8. The minimum atomic E-state index is -1.13. The number of carbonyl (C=O) groups is 3. The van der Waals surface area contributed by atoms with E-state index < -0.39 is 24.1 Å². The number of anilines is 1. The highest BCUT2D eigenvalue weighted by molar-refractivity contribution is 9.10. The SMILES string of the molecule is O=C(CC(O)CNC(=O)OCC1c2ccccc2-c2ccccc21)Nc1ccc(C(=O)O)cc1Br. The molecule has 0 saturated carbocycles. The lowest BCUT2D eigenvalue weighted by Crippen LogP contribution is -2.35. The second kappa shape index (κ2) is 10.7. The maximum Gasteiger partial charge on any atom is 0.407 e. The first-order chi connectivity index (χ1) is 16.8. The third kappa shape index (κ3) is 5.70. The zero-order valence-electron chi connectivity index (χ0n) is 18.5. The van der Waals surface area contributed by atoms with Gasteiger partial charge in [-0.05, 0) is 56.4 Å². The number of carboxylic acid groups (broad SMARTS) is 1. The molecule has 1 aliphatic carbocycles. The molecule has 4 N–H and O–H groups in total. The van der Waals surface area contributed by atoms with Gasteiger partial charge in [0.25, 0.3) is 0 Å². The summed E-state index contributed by atoms with van der Waals surface area (Å²) in [5.74, 6) is -1.65. The Bertz CT molecular complexity index is 1230. The Morgan fingerprint density at radius 2 is 1.60 bits per heavy atom. The van der Waals surface area contributed by atoms with E-state index in [0.717, 1.165) is 22.3 Å². The Labute approximate surface area is 210 Å². The zero-order chi connectivity index (χ0) is 24.9. The molecule has 1 aliphatic rings. The maximum absolute atomic E-state index is 12.2. The molecule has 0 bridgehead atoms. The molecule has 180 valence electrons. The van der Waals surface area contributed by atoms with Crippen molar-refractivity contribution in [3.63, 3.8) is 0 Å². The highest BCUT2D eigenvalue weighted by Crippen LogP contribution is 2.44. The fourth-order valence-corrected chi connectivity index (χ4v) is 4.57. The van der Waals surface area contributed by atoms with Crippen LogP contribution in [-0.4, -0.2) is 47.4 Å². The molecular formula is C26H23BrN2O6. The maximum atomic E-state index is 12.2. The minimum absolute atomic E-state index is 0.0715. The monoisotopic (exact) mass is 538 g/mol. The molecule has 1 unspecified atom stereocenters. The van der Waals surface area contributed by atoms with Crippen molar-refractivity contribution in [2.45, 2.75) is 18.4 Å². The van der Waals surface area contributed by atoms with Crippen molar-refractivity contribution < 1.29 is 29.3 Å². The predicted molar refractivity (Wildman–Crippen MR) is 133 cm³/mol. The molecule has 0 aromatic heterocycles. The summed E-state index contributed by atoms with van der Waals surface area (Å²) >= 11 is 3.21. The summed E-state index contributed by atoms with van der Waals surface area (Å²) in [5.41, 5.74) is 4.89. The van der Waals surface area contributed by atoms with Gasteiger partial charge >= 0.3 is 12.1 Å². The number of hydrogen-bond donors (Lipinski definition) is 4. The quantitative estimate of drug-likeness (QED) is 0.337. The Morgan fingerprint density at radius 3 is 2.20 bits per heavy atom. The van der Waals surface area contributed by atoms with E-state index in [9.17, 15) is 19.5 Å². The fourth-order valence-electron chi connectivity index (χ4n) is 4.09. The largest absolute Gasteiger partial charge is 0.478 e. The van der Waals surface area contributed by atoms with Crippen molar-refractivity contribution in [3.05, 3.63) is 87.9 Å². The van der Waals surface area contributed by atoms with Crippen molar-refractivity contribution in [1.82, 2.24) is 5.32 Å². The molecule has 0 fully saturated rings. The van der Waals surface area contributed by atoms with Crippen LogP contribution in [0.3, 0.4) is 0 Å². The van der Waals surface area contributed by atoms with Crippen molar-refractivity contribution in [2.75, 3.05) is 18.5 Å². The van der Waals surface area contributed by atoms with Crippen LogP contribution >= 0.6 is 15.9 Å². The van der Waals surface area contributed by atoms with Crippen LogP contribution in [0.15, 0.2) is 71.2 Å². The van der Waals surface area contributed by atoms with Crippen molar-refractivity contribution >= 4 is 39.6 Å². The number of aliphatic hydroxyl groups is 1. The van der Waals surface area contributed by atoms with Gasteiger partial charge in [-0.25, -0.2) is 9.59 Å². The van der Waals surface area contributed by atoms with Crippen molar-refractivity contribution in [3.8, 4) is 11.1 Å². The number of fused-ring (bicyclic) bond motifs is 3. The first kappa shape index (κ1) is 24.4. The number of carboxylic acids is 1. The van der Waals surface area contributed by atoms with Gasteiger partial charge in [0, 0.05) is 16.9 Å². The second-order valence-electron chi connectivity index (χ2n) is 8.11. The topological polar surface area (TPSA) is 125 Å². The van der Waals surface area contributed by atoms with Gasteiger partial charge in [0.1, 0.15) is 6.61 Å². The number of ether oxygens (including phenoxy) is 1. The van der Waals surface area contributed by atoms with Gasteiger partial charge in [-0.1, -0.05) is 48.5 Å². The molecule has 8 nitrogen and oxygen atoms in total. The lowest BCUT2D eigenvalue weighted by molar-refractivity contribution is -0.118. The number of hydrogen-bond acceptors (Lipinski definition) is 5. The molecule has 4 rings (SSSR count). The van der Waals surface area contributed by atoms with E-state index >= 15 is 0 Å². The molecule has 3 aromatic carbocycles. The van der Waals surface area contributed by atoms with E-state index in [0.29, 0.717) is 10.2 Å².